The first kappa shape index (κ1) is 18.5. The first-order valence-electron chi connectivity index (χ1n) is 7.19. The monoisotopic (exact) mass is 395 g/mol. The van der Waals surface area contributed by atoms with E-state index in [-0.39, 0.29) is 27.3 Å². The molecule has 134 valence electrons. The Labute approximate surface area is 149 Å². The van der Waals surface area contributed by atoms with Gasteiger partial charge in [0.2, 0.25) is 21.1 Å². The number of halogens is 6. The van der Waals surface area contributed by atoms with E-state index in [1.165, 1.54) is 13.8 Å². The maximum atomic E-state index is 14.5. The molecule has 25 heavy (non-hydrogen) atoms. The maximum Gasteiger partial charge on any atom is 0.380 e. The highest BCUT2D eigenvalue weighted by molar-refractivity contribution is 8.07. The van der Waals surface area contributed by atoms with E-state index in [4.69, 9.17) is 0 Å². The minimum Gasteiger partial charge on any atom is -0.194 e. The van der Waals surface area contributed by atoms with Gasteiger partial charge in [-0.2, -0.15) is 26.3 Å². The third-order valence-electron chi connectivity index (χ3n) is 4.30. The fourth-order valence-electron chi connectivity index (χ4n) is 3.16. The Morgan fingerprint density at radius 2 is 1.56 bits per heavy atom. The summed E-state index contributed by atoms with van der Waals surface area (Å²) in [5.74, 6) is -15.5. The average Bonchev–Trinajstić information content (AvgIpc) is 2.98. The molecule has 2 heterocycles. The zero-order chi connectivity index (χ0) is 18.9. The molecule has 0 bridgehead atoms. The van der Waals surface area contributed by atoms with Crippen LogP contribution in [0.2, 0.25) is 0 Å². The fraction of sp³-hybridized carbons (Fsp3) is 0.353. The molecule has 2 aliphatic heterocycles. The van der Waals surface area contributed by atoms with Crippen molar-refractivity contribution in [2.24, 2.45) is 0 Å². The Morgan fingerprint density at radius 3 is 2.00 bits per heavy atom. The van der Waals surface area contributed by atoms with Gasteiger partial charge in [0.1, 0.15) is 0 Å². The predicted octanol–water partition coefficient (Wildman–Crippen LogP) is 5.86. The average molecular weight is 395 g/mol. The highest BCUT2D eigenvalue weighted by Gasteiger charge is 2.81. The summed E-state index contributed by atoms with van der Waals surface area (Å²) in [5, 5.41) is 0. The number of alkyl halides is 6. The Morgan fingerprint density at radius 1 is 1.00 bits per heavy atom. The molecule has 0 aromatic heterocycles. The second kappa shape index (κ2) is 5.36. The van der Waals surface area contributed by atoms with Crippen molar-refractivity contribution in [3.63, 3.8) is 0 Å². The first-order chi connectivity index (χ1) is 11.3. The molecule has 1 aliphatic carbocycles. The van der Waals surface area contributed by atoms with Crippen molar-refractivity contribution in [3.05, 3.63) is 56.2 Å². The lowest BCUT2D eigenvalue weighted by Gasteiger charge is -2.26. The van der Waals surface area contributed by atoms with Crippen LogP contribution in [0.3, 0.4) is 0 Å². The van der Waals surface area contributed by atoms with Crippen molar-refractivity contribution in [1.29, 1.82) is 0 Å². The van der Waals surface area contributed by atoms with E-state index in [0.29, 0.717) is 9.81 Å². The molecule has 0 nitrogen and oxygen atoms in total. The van der Waals surface area contributed by atoms with Crippen molar-refractivity contribution >= 4 is 28.0 Å². The molecule has 0 aromatic rings. The number of allylic oxidation sites excluding steroid dienone is 7. The molecule has 3 rings (SSSR count). The molecule has 0 fully saturated rings. The van der Waals surface area contributed by atoms with E-state index in [0.717, 1.165) is 29.2 Å². The lowest BCUT2D eigenvalue weighted by molar-refractivity contribution is -0.263. The van der Waals surface area contributed by atoms with Crippen molar-refractivity contribution in [1.82, 2.24) is 0 Å². The van der Waals surface area contributed by atoms with Crippen LogP contribution in [0.4, 0.5) is 26.3 Å². The van der Waals surface area contributed by atoms with Gasteiger partial charge in [0.05, 0.1) is 5.57 Å². The predicted molar refractivity (Wildman–Crippen MR) is 91.2 cm³/mol. The van der Waals surface area contributed by atoms with Crippen molar-refractivity contribution < 1.29 is 26.3 Å². The normalized spacial score (nSPS) is 27.4. The number of hydrogen-bond acceptors (Lipinski definition) is 1. The third-order valence-corrected chi connectivity index (χ3v) is 6.19. The summed E-state index contributed by atoms with van der Waals surface area (Å²) in [4.78, 5) is 1.32. The van der Waals surface area contributed by atoms with E-state index in [1.54, 1.807) is 0 Å². The maximum absolute atomic E-state index is 14.5. The van der Waals surface area contributed by atoms with E-state index in [1.807, 2.05) is 0 Å². The Balaban J connectivity index is 2.38. The molecule has 0 unspecified atom stereocenters. The molecule has 0 amide bonds. The molecular formula is C17H13F6S2+. The van der Waals surface area contributed by atoms with Gasteiger partial charge in [0, 0.05) is 30.6 Å². The zero-order valence-electron chi connectivity index (χ0n) is 13.3. The zero-order valence-corrected chi connectivity index (χ0v) is 14.9. The molecule has 3 aliphatic rings. The van der Waals surface area contributed by atoms with Crippen LogP contribution in [-0.4, -0.2) is 22.6 Å². The number of rotatable bonds is 2. The molecule has 0 saturated heterocycles. The summed E-state index contributed by atoms with van der Waals surface area (Å²) < 4.78 is 86.3. The minimum atomic E-state index is -5.51. The van der Waals surface area contributed by atoms with E-state index in [2.05, 4.69) is 13.2 Å². The van der Waals surface area contributed by atoms with Gasteiger partial charge in [-0.05, 0) is 28.9 Å². The molecule has 8 heteroatoms. The summed E-state index contributed by atoms with van der Waals surface area (Å²) in [6.07, 6.45) is 1.02. The lowest BCUT2D eigenvalue weighted by Crippen LogP contribution is -2.49. The van der Waals surface area contributed by atoms with Crippen molar-refractivity contribution in [2.45, 2.75) is 38.0 Å². The molecule has 0 radical (unpaired) electrons. The number of hydrogen-bond donors (Lipinski definition) is 0. The molecular weight excluding hydrogens is 382 g/mol. The molecule has 0 saturated carbocycles. The van der Waals surface area contributed by atoms with E-state index < -0.39 is 28.9 Å². The standard InChI is InChI=1S/C17H13F6S2/c1-7-5-11(9(3)24-7)13-14(12-6-8(2)25-10(12)4)16(20,21)17(22,23)15(13,18)19/h5H,1-2,6H2,3-4H3/q+1. The highest BCUT2D eigenvalue weighted by atomic mass is 32.2. The minimum absolute atomic E-state index is 0.141. The summed E-state index contributed by atoms with van der Waals surface area (Å²) >= 11 is 2.04. The first-order valence-corrected chi connectivity index (χ1v) is 8.82. The van der Waals surface area contributed by atoms with Gasteiger partial charge < -0.3 is 0 Å². The SMILES string of the molecule is C=C1CC(C2=C(C3=CC(=C)[S+]=C3C)C(F)(F)C(F)(F)C2(F)F)=C(C)S1. The van der Waals surface area contributed by atoms with Gasteiger partial charge in [-0.15, -0.1) is 0 Å². The second-order valence-electron chi connectivity index (χ2n) is 6.01. The van der Waals surface area contributed by atoms with Gasteiger partial charge in [-0.1, -0.05) is 18.3 Å². The van der Waals surface area contributed by atoms with Crippen LogP contribution in [0.5, 0.6) is 0 Å². The van der Waals surface area contributed by atoms with Crippen LogP contribution in [0.1, 0.15) is 20.3 Å². The second-order valence-corrected chi connectivity index (χ2v) is 8.74. The van der Waals surface area contributed by atoms with Gasteiger partial charge in [0.15, 0.2) is 0 Å². The van der Waals surface area contributed by atoms with Crippen LogP contribution >= 0.6 is 11.8 Å². The summed E-state index contributed by atoms with van der Waals surface area (Å²) in [6.45, 7) is 10.1. The Kier molecular flexibility index (Phi) is 3.97. The van der Waals surface area contributed by atoms with Gasteiger partial charge >= 0.3 is 17.8 Å². The van der Waals surface area contributed by atoms with Crippen LogP contribution in [-0.2, 0) is 11.4 Å². The van der Waals surface area contributed by atoms with E-state index >= 15 is 0 Å². The summed E-state index contributed by atoms with van der Waals surface area (Å²) in [5.41, 5.74) is -3.06. The molecule has 0 aromatic carbocycles. The van der Waals surface area contributed by atoms with Crippen LogP contribution in [0.25, 0.3) is 0 Å². The quantitative estimate of drug-likeness (QED) is 0.321. The lowest BCUT2D eigenvalue weighted by atomic mass is 9.91. The smallest absolute Gasteiger partial charge is 0.194 e. The van der Waals surface area contributed by atoms with Gasteiger partial charge in [-0.25, -0.2) is 0 Å². The van der Waals surface area contributed by atoms with Crippen LogP contribution in [0.15, 0.2) is 56.2 Å². The largest absolute Gasteiger partial charge is 0.380 e. The molecule has 0 spiro atoms. The summed E-state index contributed by atoms with van der Waals surface area (Å²) in [7, 11) is 0. The topological polar surface area (TPSA) is 0 Å². The van der Waals surface area contributed by atoms with Gasteiger partial charge in [-0.3, -0.25) is 0 Å². The van der Waals surface area contributed by atoms with Crippen LogP contribution < -0.4 is 0 Å². The Bertz CT molecular complexity index is 839. The third kappa shape index (κ3) is 2.33. The molecule has 0 N–H and O–H groups in total. The highest BCUT2D eigenvalue weighted by Crippen LogP contribution is 2.64. The fourth-order valence-corrected chi connectivity index (χ4v) is 4.95. The molecule has 0 atom stereocenters. The summed E-state index contributed by atoms with van der Waals surface area (Å²) in [6, 6.07) is 0. The van der Waals surface area contributed by atoms with Crippen molar-refractivity contribution in [3.8, 4) is 0 Å². The van der Waals surface area contributed by atoms with Gasteiger partial charge in [0.25, 0.3) is 0 Å². The van der Waals surface area contributed by atoms with E-state index in [9.17, 15) is 26.3 Å². The Hall–Kier alpha value is -1.28. The van der Waals surface area contributed by atoms with Crippen LogP contribution in [0, 0.1) is 0 Å². The number of thioether (sulfide) groups is 1. The van der Waals surface area contributed by atoms with Crippen molar-refractivity contribution in [2.75, 3.05) is 0 Å².